The first-order chi connectivity index (χ1) is 10.0. The van der Waals surface area contributed by atoms with Crippen molar-refractivity contribution < 1.29 is 24.2 Å². The van der Waals surface area contributed by atoms with Crippen molar-refractivity contribution in [2.45, 2.75) is 19.4 Å². The fraction of sp³-hybridized carbons (Fsp3) is 0.467. The quantitative estimate of drug-likeness (QED) is 0.891. The van der Waals surface area contributed by atoms with Crippen LogP contribution < -0.4 is 9.64 Å². The Balaban J connectivity index is 2.20. The zero-order valence-electron chi connectivity index (χ0n) is 12.1. The first kappa shape index (κ1) is 15.3. The van der Waals surface area contributed by atoms with Crippen LogP contribution in [0.5, 0.6) is 5.75 Å². The van der Waals surface area contributed by atoms with Crippen LogP contribution in [0, 0.1) is 5.92 Å². The summed E-state index contributed by atoms with van der Waals surface area (Å²) >= 11 is 0. The number of carboxylic acid groups (broad SMARTS) is 1. The van der Waals surface area contributed by atoms with Gasteiger partial charge in [-0.05, 0) is 18.1 Å². The maximum absolute atomic E-state index is 12.4. The summed E-state index contributed by atoms with van der Waals surface area (Å²) in [4.78, 5) is 25.1. The number of para-hydroxylation sites is 2. The molecule has 2 rings (SSSR count). The minimum Gasteiger partial charge on any atom is -0.478 e. The smallest absolute Gasteiger partial charge is 0.346 e. The summed E-state index contributed by atoms with van der Waals surface area (Å²) in [6.45, 7) is 2.42. The highest BCUT2D eigenvalue weighted by atomic mass is 16.5. The van der Waals surface area contributed by atoms with Crippen molar-refractivity contribution in [3.8, 4) is 5.75 Å². The minimum absolute atomic E-state index is 0.0187. The number of fused-ring (bicyclic) bond motifs is 1. The van der Waals surface area contributed by atoms with E-state index >= 15 is 0 Å². The van der Waals surface area contributed by atoms with Gasteiger partial charge in [0.25, 0.3) is 0 Å². The summed E-state index contributed by atoms with van der Waals surface area (Å²) < 4.78 is 10.4. The number of carboxylic acids is 1. The molecular weight excluding hydrogens is 274 g/mol. The lowest BCUT2D eigenvalue weighted by atomic mass is 10.1. The first-order valence-corrected chi connectivity index (χ1v) is 6.80. The van der Waals surface area contributed by atoms with Crippen molar-refractivity contribution in [2.75, 3.05) is 25.2 Å². The molecule has 2 atom stereocenters. The Morgan fingerprint density at radius 2 is 2.19 bits per heavy atom. The molecular formula is C15H19NO5. The first-order valence-electron chi connectivity index (χ1n) is 6.80. The van der Waals surface area contributed by atoms with Gasteiger partial charge in [-0.3, -0.25) is 4.79 Å². The van der Waals surface area contributed by atoms with Gasteiger partial charge in [-0.1, -0.05) is 19.1 Å². The molecule has 1 aromatic carbocycles. The molecule has 1 amide bonds. The van der Waals surface area contributed by atoms with Crippen LogP contribution in [0.15, 0.2) is 24.3 Å². The van der Waals surface area contributed by atoms with E-state index in [4.69, 9.17) is 14.6 Å². The van der Waals surface area contributed by atoms with E-state index in [1.807, 2.05) is 6.92 Å². The van der Waals surface area contributed by atoms with Gasteiger partial charge in [0.2, 0.25) is 12.0 Å². The van der Waals surface area contributed by atoms with Crippen LogP contribution in [-0.4, -0.2) is 43.3 Å². The molecule has 6 heteroatoms. The van der Waals surface area contributed by atoms with Crippen LogP contribution in [0.25, 0.3) is 0 Å². The second kappa shape index (κ2) is 6.58. The Kier molecular flexibility index (Phi) is 4.80. The van der Waals surface area contributed by atoms with Crippen molar-refractivity contribution in [3.63, 3.8) is 0 Å². The Morgan fingerprint density at radius 1 is 1.48 bits per heavy atom. The Morgan fingerprint density at radius 3 is 2.86 bits per heavy atom. The van der Waals surface area contributed by atoms with E-state index in [9.17, 15) is 9.59 Å². The number of amides is 1. The van der Waals surface area contributed by atoms with E-state index in [1.54, 1.807) is 31.4 Å². The van der Waals surface area contributed by atoms with Gasteiger partial charge >= 0.3 is 5.97 Å². The molecule has 1 heterocycles. The Labute approximate surface area is 123 Å². The van der Waals surface area contributed by atoms with E-state index in [2.05, 4.69) is 0 Å². The molecule has 0 radical (unpaired) electrons. The molecule has 0 saturated carbocycles. The number of anilines is 1. The average molecular weight is 293 g/mol. The largest absolute Gasteiger partial charge is 0.478 e. The van der Waals surface area contributed by atoms with Crippen LogP contribution in [0.3, 0.4) is 0 Å². The number of nitrogens with zero attached hydrogens (tertiary/aromatic N) is 1. The van der Waals surface area contributed by atoms with Gasteiger partial charge in [0.05, 0.1) is 12.2 Å². The highest BCUT2D eigenvalue weighted by Gasteiger charge is 2.33. The van der Waals surface area contributed by atoms with Gasteiger partial charge in [0.15, 0.2) is 0 Å². The number of hydrogen-bond acceptors (Lipinski definition) is 4. The number of aliphatic carboxylic acids is 1. The molecule has 1 aliphatic rings. The van der Waals surface area contributed by atoms with Gasteiger partial charge in [-0.15, -0.1) is 0 Å². The highest BCUT2D eigenvalue weighted by molar-refractivity contribution is 5.96. The van der Waals surface area contributed by atoms with Gasteiger partial charge in [-0.25, -0.2) is 4.79 Å². The third kappa shape index (κ3) is 3.52. The maximum Gasteiger partial charge on any atom is 0.346 e. The number of methoxy groups -OCH3 is 1. The standard InChI is InChI=1S/C15H19NO5/c1-10(9-20-2)7-14(17)16-8-13(15(18)19)21-12-6-4-3-5-11(12)16/h3-6,10,13H,7-9H2,1-2H3,(H,18,19). The second-order valence-corrected chi connectivity index (χ2v) is 5.18. The summed E-state index contributed by atoms with van der Waals surface area (Å²) in [5.41, 5.74) is 0.615. The molecule has 0 aromatic heterocycles. The van der Waals surface area contributed by atoms with Gasteiger partial charge in [0, 0.05) is 20.1 Å². The number of carbonyl (C=O) groups excluding carboxylic acids is 1. The molecule has 0 aliphatic carbocycles. The van der Waals surface area contributed by atoms with Crippen molar-refractivity contribution in [1.29, 1.82) is 0 Å². The third-order valence-corrected chi connectivity index (χ3v) is 3.32. The van der Waals surface area contributed by atoms with Crippen LogP contribution in [0.2, 0.25) is 0 Å². The molecule has 1 aliphatic heterocycles. The van der Waals surface area contributed by atoms with E-state index < -0.39 is 12.1 Å². The molecule has 21 heavy (non-hydrogen) atoms. The van der Waals surface area contributed by atoms with E-state index in [1.165, 1.54) is 4.90 Å². The normalized spacial score (nSPS) is 18.6. The molecule has 6 nitrogen and oxygen atoms in total. The SMILES string of the molecule is COCC(C)CC(=O)N1CC(C(=O)O)Oc2ccccc21. The molecule has 0 spiro atoms. The van der Waals surface area contributed by atoms with Gasteiger partial charge in [0.1, 0.15) is 5.75 Å². The van der Waals surface area contributed by atoms with Gasteiger partial charge in [-0.2, -0.15) is 0 Å². The zero-order valence-corrected chi connectivity index (χ0v) is 12.1. The Hall–Kier alpha value is -2.08. The van der Waals surface area contributed by atoms with E-state index in [0.717, 1.165) is 0 Å². The number of hydrogen-bond donors (Lipinski definition) is 1. The maximum atomic E-state index is 12.4. The number of ether oxygens (including phenoxy) is 2. The molecule has 0 bridgehead atoms. The number of carbonyl (C=O) groups is 2. The molecule has 1 N–H and O–H groups in total. The fourth-order valence-corrected chi connectivity index (χ4v) is 2.35. The predicted molar refractivity (Wildman–Crippen MR) is 76.5 cm³/mol. The summed E-state index contributed by atoms with van der Waals surface area (Å²) in [5.74, 6) is -0.710. The minimum atomic E-state index is -1.08. The van der Waals surface area contributed by atoms with Crippen LogP contribution in [0.1, 0.15) is 13.3 Å². The summed E-state index contributed by atoms with van der Waals surface area (Å²) in [5, 5.41) is 9.15. The number of benzene rings is 1. The fourth-order valence-electron chi connectivity index (χ4n) is 2.35. The lowest BCUT2D eigenvalue weighted by Crippen LogP contribution is -2.47. The molecule has 114 valence electrons. The summed E-state index contributed by atoms with van der Waals surface area (Å²) in [6, 6.07) is 6.97. The molecule has 2 unspecified atom stereocenters. The lowest BCUT2D eigenvalue weighted by Gasteiger charge is -2.33. The Bertz CT molecular complexity index is 531. The van der Waals surface area contributed by atoms with Crippen LogP contribution in [0.4, 0.5) is 5.69 Å². The van der Waals surface area contributed by atoms with E-state index in [-0.39, 0.29) is 18.4 Å². The van der Waals surface area contributed by atoms with Crippen molar-refractivity contribution in [3.05, 3.63) is 24.3 Å². The monoisotopic (exact) mass is 293 g/mol. The molecule has 1 aromatic rings. The third-order valence-electron chi connectivity index (χ3n) is 3.32. The topological polar surface area (TPSA) is 76.1 Å². The summed E-state index contributed by atoms with van der Waals surface area (Å²) in [6.07, 6.45) is -0.740. The van der Waals surface area contributed by atoms with Crippen molar-refractivity contribution in [1.82, 2.24) is 0 Å². The zero-order chi connectivity index (χ0) is 15.4. The van der Waals surface area contributed by atoms with Crippen LogP contribution in [-0.2, 0) is 14.3 Å². The van der Waals surface area contributed by atoms with E-state index in [0.29, 0.717) is 24.5 Å². The average Bonchev–Trinajstić information content (AvgIpc) is 2.46. The van der Waals surface area contributed by atoms with Crippen molar-refractivity contribution >= 4 is 17.6 Å². The second-order valence-electron chi connectivity index (χ2n) is 5.18. The highest BCUT2D eigenvalue weighted by Crippen LogP contribution is 2.33. The number of rotatable bonds is 5. The van der Waals surface area contributed by atoms with Crippen LogP contribution >= 0.6 is 0 Å². The lowest BCUT2D eigenvalue weighted by molar-refractivity contribution is -0.145. The predicted octanol–water partition coefficient (Wildman–Crippen LogP) is 1.54. The van der Waals surface area contributed by atoms with Crippen molar-refractivity contribution in [2.24, 2.45) is 5.92 Å². The van der Waals surface area contributed by atoms with Gasteiger partial charge < -0.3 is 19.5 Å². The molecule has 0 fully saturated rings. The molecule has 0 saturated heterocycles. The summed E-state index contributed by atoms with van der Waals surface area (Å²) in [7, 11) is 1.59.